The number of nitrogens with one attached hydrogen (secondary N) is 1. The van der Waals surface area contributed by atoms with Crippen LogP contribution in [0.3, 0.4) is 0 Å². The van der Waals surface area contributed by atoms with Gasteiger partial charge < -0.3 is 5.32 Å². The topological polar surface area (TPSA) is 12.0 Å². The molecule has 1 unspecified atom stereocenters. The molecule has 1 nitrogen and oxygen atoms in total. The minimum absolute atomic E-state index is 0.210. The summed E-state index contributed by atoms with van der Waals surface area (Å²) in [6, 6.07) is 12.1. The molecule has 0 fully saturated rings. The van der Waals surface area contributed by atoms with Gasteiger partial charge in [-0.3, -0.25) is 0 Å². The van der Waals surface area contributed by atoms with Gasteiger partial charge in [0.1, 0.15) is 0 Å². The van der Waals surface area contributed by atoms with Gasteiger partial charge in [0, 0.05) is 18.2 Å². The highest BCUT2D eigenvalue weighted by Gasteiger charge is 2.31. The molecule has 0 radical (unpaired) electrons. The molecule has 0 bridgehead atoms. The molecule has 3 rings (SSSR count). The molecule has 4 heteroatoms. The Morgan fingerprint density at radius 3 is 2.57 bits per heavy atom. The molecule has 0 saturated carbocycles. The van der Waals surface area contributed by atoms with Crippen LogP contribution in [0, 0.1) is 6.92 Å². The zero-order valence-electron chi connectivity index (χ0n) is 11.7. The van der Waals surface area contributed by atoms with Crippen LogP contribution >= 0.6 is 0 Å². The number of hydrogen-bond donors (Lipinski definition) is 1. The van der Waals surface area contributed by atoms with Crippen LogP contribution < -0.4 is 5.32 Å². The Bertz CT molecular complexity index is 661. The predicted octanol–water partition coefficient (Wildman–Crippen LogP) is 4.77. The van der Waals surface area contributed by atoms with Crippen LogP contribution in [0.2, 0.25) is 0 Å². The Hall–Kier alpha value is -1.97. The van der Waals surface area contributed by atoms with E-state index in [1.807, 2.05) is 18.2 Å². The smallest absolute Gasteiger partial charge is 0.384 e. The number of anilines is 1. The lowest BCUT2D eigenvalue weighted by molar-refractivity contribution is -0.137. The van der Waals surface area contributed by atoms with E-state index in [0.29, 0.717) is 5.56 Å². The molecule has 1 aliphatic heterocycles. The highest BCUT2D eigenvalue weighted by molar-refractivity contribution is 5.55. The van der Waals surface area contributed by atoms with Crippen molar-refractivity contribution < 1.29 is 13.2 Å². The van der Waals surface area contributed by atoms with Gasteiger partial charge in [-0.05, 0) is 48.2 Å². The number of benzene rings is 2. The van der Waals surface area contributed by atoms with E-state index in [9.17, 15) is 13.2 Å². The van der Waals surface area contributed by atoms with E-state index in [1.54, 1.807) is 13.0 Å². The zero-order valence-corrected chi connectivity index (χ0v) is 11.7. The number of fused-ring (bicyclic) bond motifs is 1. The molecule has 2 aromatic rings. The third kappa shape index (κ3) is 2.75. The lowest BCUT2D eigenvalue weighted by atomic mass is 9.85. The SMILES string of the molecule is Cc1cc(C(F)(F)F)ccc1C1CNc2ccccc2C1. The maximum atomic E-state index is 12.7. The highest BCUT2D eigenvalue weighted by Crippen LogP contribution is 2.35. The number of rotatable bonds is 1. The van der Waals surface area contributed by atoms with Gasteiger partial charge >= 0.3 is 6.18 Å². The molecule has 0 spiro atoms. The molecule has 0 amide bonds. The van der Waals surface area contributed by atoms with Gasteiger partial charge in [0.15, 0.2) is 0 Å². The quantitative estimate of drug-likeness (QED) is 0.798. The molecule has 1 aliphatic rings. The Morgan fingerprint density at radius 1 is 1.10 bits per heavy atom. The minimum atomic E-state index is -4.28. The van der Waals surface area contributed by atoms with E-state index in [1.165, 1.54) is 17.7 Å². The van der Waals surface area contributed by atoms with E-state index in [4.69, 9.17) is 0 Å². The van der Waals surface area contributed by atoms with Gasteiger partial charge in [-0.2, -0.15) is 13.2 Å². The molecule has 1 atom stereocenters. The van der Waals surface area contributed by atoms with E-state index in [2.05, 4.69) is 11.4 Å². The second-order valence-corrected chi connectivity index (χ2v) is 5.51. The highest BCUT2D eigenvalue weighted by atomic mass is 19.4. The zero-order chi connectivity index (χ0) is 15.0. The molecular weight excluding hydrogens is 275 g/mol. The van der Waals surface area contributed by atoms with Crippen molar-refractivity contribution >= 4 is 5.69 Å². The first-order valence-electron chi connectivity index (χ1n) is 6.94. The number of aryl methyl sites for hydroxylation is 1. The lowest BCUT2D eigenvalue weighted by Gasteiger charge is -2.28. The van der Waals surface area contributed by atoms with Crippen LogP contribution in [0.15, 0.2) is 42.5 Å². The van der Waals surface area contributed by atoms with Crippen LogP contribution in [0.1, 0.15) is 28.2 Å². The Balaban J connectivity index is 1.89. The molecule has 21 heavy (non-hydrogen) atoms. The maximum Gasteiger partial charge on any atom is 0.416 e. The number of para-hydroxylation sites is 1. The standard InChI is InChI=1S/C17H16F3N/c1-11-8-14(17(18,19)20)6-7-15(11)13-9-12-4-2-3-5-16(12)21-10-13/h2-8,13,21H,9-10H2,1H3. The van der Waals surface area contributed by atoms with Crippen molar-refractivity contribution in [3.63, 3.8) is 0 Å². The van der Waals surface area contributed by atoms with Crippen molar-refractivity contribution in [1.29, 1.82) is 0 Å². The van der Waals surface area contributed by atoms with E-state index in [-0.39, 0.29) is 5.92 Å². The molecule has 2 aromatic carbocycles. The van der Waals surface area contributed by atoms with Crippen molar-refractivity contribution in [3.8, 4) is 0 Å². The molecule has 110 valence electrons. The molecule has 1 heterocycles. The first-order chi connectivity index (χ1) is 9.95. The van der Waals surface area contributed by atoms with Gasteiger partial charge in [0.05, 0.1) is 5.56 Å². The summed E-state index contributed by atoms with van der Waals surface area (Å²) in [5.74, 6) is 0.210. The van der Waals surface area contributed by atoms with Crippen LogP contribution in [-0.4, -0.2) is 6.54 Å². The van der Waals surface area contributed by atoms with Gasteiger partial charge in [0.25, 0.3) is 0 Å². The number of alkyl halides is 3. The third-order valence-electron chi connectivity index (χ3n) is 4.06. The van der Waals surface area contributed by atoms with Gasteiger partial charge in [-0.1, -0.05) is 24.3 Å². The number of halogens is 3. The maximum absolute atomic E-state index is 12.7. The van der Waals surface area contributed by atoms with Crippen molar-refractivity contribution in [2.45, 2.75) is 25.4 Å². The van der Waals surface area contributed by atoms with Crippen molar-refractivity contribution in [2.24, 2.45) is 0 Å². The van der Waals surface area contributed by atoms with Gasteiger partial charge in [0.2, 0.25) is 0 Å². The van der Waals surface area contributed by atoms with E-state index >= 15 is 0 Å². The Kier molecular flexibility index (Phi) is 3.40. The van der Waals surface area contributed by atoms with Crippen LogP contribution in [0.5, 0.6) is 0 Å². The monoisotopic (exact) mass is 291 g/mol. The predicted molar refractivity (Wildman–Crippen MR) is 77.6 cm³/mol. The second kappa shape index (κ2) is 5.10. The third-order valence-corrected chi connectivity index (χ3v) is 4.06. The summed E-state index contributed by atoms with van der Waals surface area (Å²) in [7, 11) is 0. The first kappa shape index (κ1) is 14.0. The van der Waals surface area contributed by atoms with Crippen molar-refractivity contribution in [1.82, 2.24) is 0 Å². The first-order valence-corrected chi connectivity index (χ1v) is 6.94. The molecule has 0 aliphatic carbocycles. The largest absolute Gasteiger partial charge is 0.416 e. The summed E-state index contributed by atoms with van der Waals surface area (Å²) in [6.07, 6.45) is -3.42. The summed E-state index contributed by atoms with van der Waals surface area (Å²) in [6.45, 7) is 2.51. The van der Waals surface area contributed by atoms with E-state index in [0.717, 1.165) is 24.2 Å². The fourth-order valence-corrected chi connectivity index (χ4v) is 2.97. The van der Waals surface area contributed by atoms with Gasteiger partial charge in [-0.25, -0.2) is 0 Å². The van der Waals surface area contributed by atoms with Crippen LogP contribution in [-0.2, 0) is 12.6 Å². The Morgan fingerprint density at radius 2 is 1.86 bits per heavy atom. The fraction of sp³-hybridized carbons (Fsp3) is 0.294. The van der Waals surface area contributed by atoms with Crippen LogP contribution in [0.25, 0.3) is 0 Å². The summed E-state index contributed by atoms with van der Waals surface area (Å²) in [4.78, 5) is 0. The Labute approximate surface area is 121 Å². The van der Waals surface area contributed by atoms with Crippen LogP contribution in [0.4, 0.5) is 18.9 Å². The average molecular weight is 291 g/mol. The lowest BCUT2D eigenvalue weighted by Crippen LogP contribution is -2.22. The van der Waals surface area contributed by atoms with E-state index < -0.39 is 11.7 Å². The molecular formula is C17H16F3N. The normalized spacial score (nSPS) is 18.0. The molecule has 0 saturated heterocycles. The summed E-state index contributed by atoms with van der Waals surface area (Å²) >= 11 is 0. The summed E-state index contributed by atoms with van der Waals surface area (Å²) in [5, 5.41) is 3.36. The van der Waals surface area contributed by atoms with Gasteiger partial charge in [-0.15, -0.1) is 0 Å². The summed E-state index contributed by atoms with van der Waals surface area (Å²) < 4.78 is 38.2. The van der Waals surface area contributed by atoms with Crippen molar-refractivity contribution in [3.05, 3.63) is 64.7 Å². The summed E-state index contributed by atoms with van der Waals surface area (Å²) in [5.41, 5.74) is 3.46. The second-order valence-electron chi connectivity index (χ2n) is 5.51. The van der Waals surface area contributed by atoms with Crippen molar-refractivity contribution in [2.75, 3.05) is 11.9 Å². The molecule has 0 aromatic heterocycles. The molecule has 1 N–H and O–H groups in total. The number of hydrogen-bond acceptors (Lipinski definition) is 1. The fourth-order valence-electron chi connectivity index (χ4n) is 2.97. The average Bonchev–Trinajstić information content (AvgIpc) is 2.45. The minimum Gasteiger partial charge on any atom is -0.384 e.